The number of hydrogen-bond acceptors (Lipinski definition) is 4. The third-order valence-electron chi connectivity index (χ3n) is 2.48. The fourth-order valence-electron chi connectivity index (χ4n) is 1.50. The number of nitrogens with zero attached hydrogens (tertiary/aromatic N) is 1. The maximum atomic E-state index is 4.67. The van der Waals surface area contributed by atoms with Crippen LogP contribution in [0.2, 0.25) is 0 Å². The van der Waals surface area contributed by atoms with Crippen molar-refractivity contribution < 1.29 is 0 Å². The predicted octanol–water partition coefficient (Wildman–Crippen LogP) is 3.93. The minimum Gasteiger partial charge on any atom is -0.308 e. The molecule has 0 aromatic carbocycles. The SMILES string of the molecule is CCc1ccc(-c2csc(CNC(C)C)n2)s1. The maximum Gasteiger partial charge on any atom is 0.107 e. The molecule has 92 valence electrons. The van der Waals surface area contributed by atoms with Crippen LogP contribution >= 0.6 is 22.7 Å². The molecule has 0 spiro atoms. The van der Waals surface area contributed by atoms with Crippen LogP contribution in [0.25, 0.3) is 10.6 Å². The summed E-state index contributed by atoms with van der Waals surface area (Å²) in [5.41, 5.74) is 1.13. The van der Waals surface area contributed by atoms with Crippen molar-refractivity contribution in [3.05, 3.63) is 27.4 Å². The second kappa shape index (κ2) is 5.76. The van der Waals surface area contributed by atoms with Gasteiger partial charge in [0.2, 0.25) is 0 Å². The molecule has 2 aromatic heterocycles. The molecule has 0 saturated heterocycles. The molecule has 0 aliphatic carbocycles. The van der Waals surface area contributed by atoms with Gasteiger partial charge in [0.15, 0.2) is 0 Å². The van der Waals surface area contributed by atoms with Gasteiger partial charge in [-0.2, -0.15) is 0 Å². The summed E-state index contributed by atoms with van der Waals surface area (Å²) in [6.45, 7) is 7.37. The van der Waals surface area contributed by atoms with E-state index in [1.54, 1.807) is 11.3 Å². The smallest absolute Gasteiger partial charge is 0.107 e. The third-order valence-corrected chi connectivity index (χ3v) is 4.58. The normalized spacial score (nSPS) is 11.3. The van der Waals surface area contributed by atoms with Gasteiger partial charge in [0.1, 0.15) is 5.01 Å². The van der Waals surface area contributed by atoms with Crippen molar-refractivity contribution >= 4 is 22.7 Å². The van der Waals surface area contributed by atoms with Gasteiger partial charge in [-0.15, -0.1) is 22.7 Å². The van der Waals surface area contributed by atoms with Crippen LogP contribution in [-0.4, -0.2) is 11.0 Å². The van der Waals surface area contributed by atoms with Crippen LogP contribution in [0.15, 0.2) is 17.5 Å². The van der Waals surface area contributed by atoms with Gasteiger partial charge < -0.3 is 5.32 Å². The van der Waals surface area contributed by atoms with Gasteiger partial charge in [-0.1, -0.05) is 20.8 Å². The van der Waals surface area contributed by atoms with E-state index in [0.29, 0.717) is 6.04 Å². The van der Waals surface area contributed by atoms with E-state index >= 15 is 0 Å². The molecule has 1 N–H and O–H groups in total. The van der Waals surface area contributed by atoms with Crippen LogP contribution in [0, 0.1) is 0 Å². The fourth-order valence-corrected chi connectivity index (χ4v) is 3.23. The molecule has 2 aromatic rings. The third kappa shape index (κ3) is 3.37. The summed E-state index contributed by atoms with van der Waals surface area (Å²) >= 11 is 3.58. The number of aromatic nitrogens is 1. The lowest BCUT2D eigenvalue weighted by molar-refractivity contribution is 0.587. The molecule has 0 radical (unpaired) electrons. The second-order valence-corrected chi connectivity index (χ2v) is 6.39. The van der Waals surface area contributed by atoms with Crippen LogP contribution in [-0.2, 0) is 13.0 Å². The topological polar surface area (TPSA) is 24.9 Å². The molecule has 0 unspecified atom stereocenters. The molecule has 17 heavy (non-hydrogen) atoms. The van der Waals surface area contributed by atoms with Gasteiger partial charge in [-0.3, -0.25) is 0 Å². The van der Waals surface area contributed by atoms with Crippen LogP contribution < -0.4 is 5.32 Å². The van der Waals surface area contributed by atoms with E-state index in [1.807, 2.05) is 11.3 Å². The number of rotatable bonds is 5. The van der Waals surface area contributed by atoms with E-state index in [-0.39, 0.29) is 0 Å². The maximum absolute atomic E-state index is 4.67. The molecule has 4 heteroatoms. The first-order chi connectivity index (χ1) is 8.19. The van der Waals surface area contributed by atoms with Crippen LogP contribution in [0.3, 0.4) is 0 Å². The summed E-state index contributed by atoms with van der Waals surface area (Å²) in [5.74, 6) is 0. The van der Waals surface area contributed by atoms with E-state index < -0.39 is 0 Å². The quantitative estimate of drug-likeness (QED) is 0.887. The molecular formula is C13H18N2S2. The first kappa shape index (κ1) is 12.7. The zero-order valence-corrected chi connectivity index (χ0v) is 12.1. The molecule has 0 atom stereocenters. The Kier molecular flexibility index (Phi) is 4.31. The highest BCUT2D eigenvalue weighted by atomic mass is 32.1. The van der Waals surface area contributed by atoms with E-state index in [2.05, 4.69) is 48.6 Å². The van der Waals surface area contributed by atoms with E-state index in [4.69, 9.17) is 0 Å². The number of aryl methyl sites for hydroxylation is 1. The molecule has 0 fully saturated rings. The predicted molar refractivity (Wildman–Crippen MR) is 76.8 cm³/mol. The molecule has 2 heterocycles. The van der Waals surface area contributed by atoms with Crippen LogP contribution in [0.1, 0.15) is 30.7 Å². The first-order valence-corrected chi connectivity index (χ1v) is 7.65. The van der Waals surface area contributed by atoms with Gasteiger partial charge >= 0.3 is 0 Å². The van der Waals surface area contributed by atoms with Crippen molar-refractivity contribution in [2.45, 2.75) is 39.8 Å². The fraction of sp³-hybridized carbons (Fsp3) is 0.462. The Morgan fingerprint density at radius 1 is 1.35 bits per heavy atom. The van der Waals surface area contributed by atoms with Gasteiger partial charge in [-0.05, 0) is 18.6 Å². The van der Waals surface area contributed by atoms with Crippen molar-refractivity contribution in [1.29, 1.82) is 0 Å². The molecule has 0 saturated carbocycles. The van der Waals surface area contributed by atoms with E-state index in [9.17, 15) is 0 Å². The molecule has 0 aliphatic rings. The van der Waals surface area contributed by atoms with Crippen molar-refractivity contribution in [2.24, 2.45) is 0 Å². The largest absolute Gasteiger partial charge is 0.308 e. The summed E-state index contributed by atoms with van der Waals surface area (Å²) in [4.78, 5) is 7.38. The van der Waals surface area contributed by atoms with E-state index in [1.165, 1.54) is 14.8 Å². The average Bonchev–Trinajstić information content (AvgIpc) is 2.94. The number of nitrogens with one attached hydrogen (secondary N) is 1. The molecule has 2 nitrogen and oxygen atoms in total. The zero-order chi connectivity index (χ0) is 12.3. The Hall–Kier alpha value is -0.710. The highest BCUT2D eigenvalue weighted by molar-refractivity contribution is 7.16. The summed E-state index contributed by atoms with van der Waals surface area (Å²) < 4.78 is 0. The average molecular weight is 266 g/mol. The Morgan fingerprint density at radius 2 is 2.18 bits per heavy atom. The summed E-state index contributed by atoms with van der Waals surface area (Å²) in [7, 11) is 0. The highest BCUT2D eigenvalue weighted by Crippen LogP contribution is 2.29. The van der Waals surface area contributed by atoms with Crippen LogP contribution in [0.4, 0.5) is 0 Å². The highest BCUT2D eigenvalue weighted by Gasteiger charge is 2.07. The standard InChI is InChI=1S/C13H18N2S2/c1-4-10-5-6-12(17-10)11-8-16-13(15-11)7-14-9(2)3/h5-6,8-9,14H,4,7H2,1-3H3. The van der Waals surface area contributed by atoms with Gasteiger partial charge in [0, 0.05) is 22.8 Å². The Morgan fingerprint density at radius 3 is 2.82 bits per heavy atom. The first-order valence-electron chi connectivity index (χ1n) is 5.96. The monoisotopic (exact) mass is 266 g/mol. The summed E-state index contributed by atoms with van der Waals surface area (Å²) in [5, 5.41) is 6.72. The van der Waals surface area contributed by atoms with Crippen molar-refractivity contribution in [3.8, 4) is 10.6 Å². The van der Waals surface area contributed by atoms with Crippen molar-refractivity contribution in [1.82, 2.24) is 10.3 Å². The van der Waals surface area contributed by atoms with Gasteiger partial charge in [0.25, 0.3) is 0 Å². The Balaban J connectivity index is 2.07. The summed E-state index contributed by atoms with van der Waals surface area (Å²) in [6, 6.07) is 4.89. The lowest BCUT2D eigenvalue weighted by atomic mass is 10.3. The number of hydrogen-bond donors (Lipinski definition) is 1. The van der Waals surface area contributed by atoms with Crippen LogP contribution in [0.5, 0.6) is 0 Å². The van der Waals surface area contributed by atoms with E-state index in [0.717, 1.165) is 18.7 Å². The van der Waals surface area contributed by atoms with Crippen molar-refractivity contribution in [3.63, 3.8) is 0 Å². The second-order valence-electron chi connectivity index (χ2n) is 4.28. The molecular weight excluding hydrogens is 248 g/mol. The number of thiazole rings is 1. The Bertz CT molecular complexity index is 471. The van der Waals surface area contributed by atoms with Gasteiger partial charge in [-0.25, -0.2) is 4.98 Å². The lowest BCUT2D eigenvalue weighted by Crippen LogP contribution is -2.21. The molecule has 0 amide bonds. The minimum atomic E-state index is 0.510. The summed E-state index contributed by atoms with van der Waals surface area (Å²) in [6.07, 6.45) is 1.11. The molecule has 0 aliphatic heterocycles. The molecule has 0 bridgehead atoms. The minimum absolute atomic E-state index is 0.510. The van der Waals surface area contributed by atoms with Gasteiger partial charge in [0.05, 0.1) is 10.6 Å². The number of thiophene rings is 1. The molecule has 2 rings (SSSR count). The zero-order valence-electron chi connectivity index (χ0n) is 10.5. The lowest BCUT2D eigenvalue weighted by Gasteiger charge is -2.04. The Labute approximate surface area is 111 Å². The van der Waals surface area contributed by atoms with Crippen molar-refractivity contribution in [2.75, 3.05) is 0 Å².